The highest BCUT2D eigenvalue weighted by Gasteiger charge is 2.34. The first-order valence-corrected chi connectivity index (χ1v) is 11.6. The van der Waals surface area contributed by atoms with Crippen LogP contribution in [-0.2, 0) is 30.4 Å². The van der Waals surface area contributed by atoms with Crippen molar-refractivity contribution in [2.24, 2.45) is 5.73 Å². The Morgan fingerprint density at radius 1 is 1.08 bits per heavy atom. The van der Waals surface area contributed by atoms with Gasteiger partial charge in [-0.2, -0.15) is 0 Å². The van der Waals surface area contributed by atoms with Gasteiger partial charge in [-0.15, -0.1) is 0 Å². The van der Waals surface area contributed by atoms with E-state index in [1.807, 2.05) is 31.2 Å². The summed E-state index contributed by atoms with van der Waals surface area (Å²) < 4.78 is 0. The number of nitrogens with zero attached hydrogens (tertiary/aromatic N) is 1. The van der Waals surface area contributed by atoms with Gasteiger partial charge in [-0.1, -0.05) is 38.0 Å². The fourth-order valence-electron chi connectivity index (χ4n) is 3.91. The summed E-state index contributed by atoms with van der Waals surface area (Å²) in [5.41, 5.74) is 7.08. The van der Waals surface area contributed by atoms with Gasteiger partial charge in [-0.3, -0.25) is 19.2 Å². The minimum absolute atomic E-state index is 0.123. The first-order chi connectivity index (χ1) is 17.1. The second kappa shape index (κ2) is 13.2. The second-order valence-corrected chi connectivity index (χ2v) is 8.49. The lowest BCUT2D eigenvalue weighted by Crippen LogP contribution is -2.57. The Bertz CT molecular complexity index is 1100. The molecule has 0 aliphatic heterocycles. The molecule has 0 aliphatic rings. The van der Waals surface area contributed by atoms with Crippen LogP contribution in [0.1, 0.15) is 38.2 Å². The van der Waals surface area contributed by atoms with Crippen LogP contribution in [0.4, 0.5) is 0 Å². The number of aliphatic carboxylic acids is 2. The van der Waals surface area contributed by atoms with Crippen LogP contribution < -0.4 is 16.4 Å². The summed E-state index contributed by atoms with van der Waals surface area (Å²) in [4.78, 5) is 65.4. The number of benzene rings is 1. The number of hydrogen-bond acceptors (Lipinski definition) is 6. The molecule has 7 N–H and O–H groups in total. The standard InChI is InChI=1S/C24H33N5O7/c1-3-4-9-19(22(33)28-18(24(35)36)11-21(31)32)29(2)23(34)17(27-20(30)12-25)10-14-13-26-16-8-6-5-7-15(14)16/h5-8,13,17-19,26H,3-4,9-12,25H2,1-2H3,(H,27,30)(H,28,33)(H,31,32)(H,35,36)/t17-,18-,19-/m0/s1. The number of H-pyrrole nitrogens is 1. The number of carbonyl (C=O) groups excluding carboxylic acids is 3. The van der Waals surface area contributed by atoms with Crippen molar-refractivity contribution in [3.8, 4) is 0 Å². The Labute approximate surface area is 208 Å². The zero-order valence-electron chi connectivity index (χ0n) is 20.3. The van der Waals surface area contributed by atoms with E-state index in [9.17, 15) is 29.1 Å². The molecule has 0 saturated carbocycles. The topological polar surface area (TPSA) is 195 Å². The number of para-hydroxylation sites is 1. The Kier molecular flexibility index (Phi) is 10.4. The normalized spacial score (nSPS) is 13.4. The van der Waals surface area contributed by atoms with Crippen LogP contribution in [0.2, 0.25) is 0 Å². The van der Waals surface area contributed by atoms with Crippen molar-refractivity contribution in [1.29, 1.82) is 0 Å². The van der Waals surface area contributed by atoms with Gasteiger partial charge in [-0.25, -0.2) is 4.79 Å². The van der Waals surface area contributed by atoms with Crippen molar-refractivity contribution in [3.05, 3.63) is 36.0 Å². The number of likely N-dealkylation sites (N-methyl/N-ethyl adjacent to an activating group) is 1. The molecule has 0 spiro atoms. The quantitative estimate of drug-likeness (QED) is 0.210. The Morgan fingerprint density at radius 2 is 1.78 bits per heavy atom. The first kappa shape index (κ1) is 28.3. The van der Waals surface area contributed by atoms with Crippen LogP contribution in [0.15, 0.2) is 30.5 Å². The van der Waals surface area contributed by atoms with Gasteiger partial charge < -0.3 is 36.5 Å². The highest BCUT2D eigenvalue weighted by Crippen LogP contribution is 2.20. The van der Waals surface area contributed by atoms with Crippen molar-refractivity contribution < 1.29 is 34.2 Å². The smallest absolute Gasteiger partial charge is 0.326 e. The maximum absolute atomic E-state index is 13.5. The SMILES string of the molecule is CCCC[C@@H](C(=O)N[C@@H](CC(=O)O)C(=O)O)N(C)C(=O)[C@H](Cc1c[nH]c2ccccc12)NC(=O)CN. The van der Waals surface area contributed by atoms with Crippen LogP contribution >= 0.6 is 0 Å². The number of aromatic amines is 1. The third kappa shape index (κ3) is 7.54. The molecule has 1 aromatic heterocycles. The summed E-state index contributed by atoms with van der Waals surface area (Å²) >= 11 is 0. The van der Waals surface area contributed by atoms with Crippen molar-refractivity contribution in [2.45, 2.75) is 57.2 Å². The molecule has 36 heavy (non-hydrogen) atoms. The molecule has 1 aromatic carbocycles. The summed E-state index contributed by atoms with van der Waals surface area (Å²) in [7, 11) is 1.39. The molecule has 0 unspecified atom stereocenters. The summed E-state index contributed by atoms with van der Waals surface area (Å²) in [5, 5.41) is 24.0. The average Bonchev–Trinajstić information content (AvgIpc) is 3.25. The third-order valence-corrected chi connectivity index (χ3v) is 5.86. The molecule has 0 bridgehead atoms. The zero-order chi connectivity index (χ0) is 26.8. The summed E-state index contributed by atoms with van der Waals surface area (Å²) in [6.45, 7) is 1.55. The van der Waals surface area contributed by atoms with Crippen molar-refractivity contribution in [2.75, 3.05) is 13.6 Å². The first-order valence-electron chi connectivity index (χ1n) is 11.6. The third-order valence-electron chi connectivity index (χ3n) is 5.86. The van der Waals surface area contributed by atoms with E-state index in [-0.39, 0.29) is 19.4 Å². The Morgan fingerprint density at radius 3 is 2.39 bits per heavy atom. The number of nitrogens with two attached hydrogens (primary N) is 1. The summed E-state index contributed by atoms with van der Waals surface area (Å²) in [6, 6.07) is 3.69. The molecule has 12 heteroatoms. The van der Waals surface area contributed by atoms with E-state index in [4.69, 9.17) is 10.8 Å². The van der Waals surface area contributed by atoms with Crippen LogP contribution in [0.3, 0.4) is 0 Å². The lowest BCUT2D eigenvalue weighted by atomic mass is 10.0. The van der Waals surface area contributed by atoms with Gasteiger partial charge in [0.15, 0.2) is 0 Å². The average molecular weight is 504 g/mol. The van der Waals surface area contributed by atoms with Gasteiger partial charge in [0.1, 0.15) is 18.1 Å². The fourth-order valence-corrected chi connectivity index (χ4v) is 3.91. The largest absolute Gasteiger partial charge is 0.481 e. The molecule has 3 atom stereocenters. The molecule has 0 fully saturated rings. The van der Waals surface area contributed by atoms with Crippen LogP contribution in [0, 0.1) is 0 Å². The van der Waals surface area contributed by atoms with Crippen LogP contribution in [-0.4, -0.2) is 81.5 Å². The van der Waals surface area contributed by atoms with E-state index in [0.29, 0.717) is 12.8 Å². The van der Waals surface area contributed by atoms with Gasteiger partial charge in [0.2, 0.25) is 17.7 Å². The maximum Gasteiger partial charge on any atom is 0.326 e. The number of hydrogen-bond donors (Lipinski definition) is 6. The second-order valence-electron chi connectivity index (χ2n) is 8.49. The molecule has 0 saturated heterocycles. The zero-order valence-corrected chi connectivity index (χ0v) is 20.3. The van der Waals surface area contributed by atoms with E-state index in [0.717, 1.165) is 16.5 Å². The number of nitrogens with one attached hydrogen (secondary N) is 3. The van der Waals surface area contributed by atoms with Crippen molar-refractivity contribution >= 4 is 40.6 Å². The lowest BCUT2D eigenvalue weighted by Gasteiger charge is -2.31. The minimum Gasteiger partial charge on any atom is -0.481 e. The van der Waals surface area contributed by atoms with Crippen molar-refractivity contribution in [3.63, 3.8) is 0 Å². The van der Waals surface area contributed by atoms with E-state index in [1.54, 1.807) is 6.20 Å². The predicted octanol–water partition coefficient (Wildman–Crippen LogP) is 0.215. The highest BCUT2D eigenvalue weighted by molar-refractivity contribution is 5.94. The molecule has 3 amide bonds. The Hall–Kier alpha value is -3.93. The van der Waals surface area contributed by atoms with E-state index in [1.165, 1.54) is 11.9 Å². The van der Waals surface area contributed by atoms with Gasteiger partial charge in [0.25, 0.3) is 0 Å². The fraction of sp³-hybridized carbons (Fsp3) is 0.458. The molecule has 2 aromatic rings. The molecular weight excluding hydrogens is 470 g/mol. The number of amides is 3. The summed E-state index contributed by atoms with van der Waals surface area (Å²) in [5.74, 6) is -4.79. The van der Waals surface area contributed by atoms with Crippen LogP contribution in [0.5, 0.6) is 0 Å². The van der Waals surface area contributed by atoms with Crippen LogP contribution in [0.25, 0.3) is 10.9 Å². The van der Waals surface area contributed by atoms with E-state index in [2.05, 4.69) is 15.6 Å². The van der Waals surface area contributed by atoms with Gasteiger partial charge >= 0.3 is 11.9 Å². The number of aromatic nitrogens is 1. The number of unbranched alkanes of at least 4 members (excludes halogenated alkanes) is 1. The number of carboxylic acid groups (broad SMARTS) is 2. The Balaban J connectivity index is 2.31. The number of carboxylic acids is 2. The molecular formula is C24H33N5O7. The predicted molar refractivity (Wildman–Crippen MR) is 131 cm³/mol. The summed E-state index contributed by atoms with van der Waals surface area (Å²) in [6.07, 6.45) is 2.52. The van der Waals surface area contributed by atoms with E-state index >= 15 is 0 Å². The maximum atomic E-state index is 13.5. The van der Waals surface area contributed by atoms with Gasteiger partial charge in [-0.05, 0) is 18.1 Å². The minimum atomic E-state index is -1.65. The van der Waals surface area contributed by atoms with Gasteiger partial charge in [0, 0.05) is 30.6 Å². The lowest BCUT2D eigenvalue weighted by molar-refractivity contribution is -0.148. The molecule has 2 rings (SSSR count). The monoisotopic (exact) mass is 503 g/mol. The molecule has 1 heterocycles. The highest BCUT2D eigenvalue weighted by atomic mass is 16.4. The molecule has 12 nitrogen and oxygen atoms in total. The van der Waals surface area contributed by atoms with Crippen molar-refractivity contribution in [1.82, 2.24) is 20.5 Å². The molecule has 196 valence electrons. The number of fused-ring (bicyclic) bond motifs is 1. The molecule has 0 aliphatic carbocycles. The number of rotatable bonds is 14. The molecule has 0 radical (unpaired) electrons. The number of carbonyl (C=O) groups is 5. The van der Waals surface area contributed by atoms with Gasteiger partial charge in [0.05, 0.1) is 13.0 Å². The van der Waals surface area contributed by atoms with E-state index < -0.39 is 54.2 Å².